The van der Waals surface area contributed by atoms with E-state index in [9.17, 15) is 5.21 Å². The summed E-state index contributed by atoms with van der Waals surface area (Å²) in [5.74, 6) is 0.521. The number of nitrogens with zero attached hydrogens (tertiary/aromatic N) is 2. The molecule has 0 saturated carbocycles. The Balaban J connectivity index is 2.17. The first-order valence-electron chi connectivity index (χ1n) is 5.81. The molecule has 0 aliphatic rings. The highest BCUT2D eigenvalue weighted by molar-refractivity contribution is 9.11. The molecule has 0 unspecified atom stereocenters. The van der Waals surface area contributed by atoms with Gasteiger partial charge in [0.1, 0.15) is 5.52 Å². The van der Waals surface area contributed by atoms with Crippen molar-refractivity contribution in [3.63, 3.8) is 0 Å². The fourth-order valence-electron chi connectivity index (χ4n) is 1.99. The Morgan fingerprint density at radius 2 is 1.90 bits per heavy atom. The summed E-state index contributed by atoms with van der Waals surface area (Å²) in [6.45, 7) is 0. The van der Waals surface area contributed by atoms with Crippen molar-refractivity contribution in [3.05, 3.63) is 62.8 Å². The molecule has 0 aliphatic heterocycles. The van der Waals surface area contributed by atoms with Crippen LogP contribution in [0, 0.1) is 0 Å². The third-order valence-electron chi connectivity index (χ3n) is 2.88. The van der Waals surface area contributed by atoms with Crippen molar-refractivity contribution in [3.8, 4) is 0 Å². The number of nitrogens with one attached hydrogen (secondary N) is 1. The van der Waals surface area contributed by atoms with Crippen LogP contribution in [0.25, 0.3) is 11.0 Å². The number of rotatable bonds is 2. The number of aromatic amines is 1. The summed E-state index contributed by atoms with van der Waals surface area (Å²) < 4.78 is 1.81. The van der Waals surface area contributed by atoms with E-state index >= 15 is 0 Å². The summed E-state index contributed by atoms with van der Waals surface area (Å²) in [4.78, 5) is 7.65. The fourth-order valence-corrected chi connectivity index (χ4v) is 3.31. The van der Waals surface area contributed by atoms with Gasteiger partial charge in [-0.25, -0.2) is 4.98 Å². The van der Waals surface area contributed by atoms with Crippen molar-refractivity contribution < 1.29 is 5.21 Å². The number of benzene rings is 2. The third kappa shape index (κ3) is 2.36. The summed E-state index contributed by atoms with van der Waals surface area (Å²) in [5.41, 5.74) is 2.85. The molecule has 0 saturated heterocycles. The van der Waals surface area contributed by atoms with Gasteiger partial charge in [0, 0.05) is 14.5 Å². The summed E-state index contributed by atoms with van der Waals surface area (Å²) in [6, 6.07) is 13.3. The van der Waals surface area contributed by atoms with E-state index in [1.807, 2.05) is 42.5 Å². The first kappa shape index (κ1) is 13.3. The van der Waals surface area contributed by atoms with E-state index in [0.717, 1.165) is 25.5 Å². The molecule has 2 N–H and O–H groups in total. The molecule has 0 bridgehead atoms. The first-order chi connectivity index (χ1) is 9.69. The molecule has 3 rings (SSSR count). The maximum absolute atomic E-state index is 9.29. The number of fused-ring (bicyclic) bond motifs is 1. The van der Waals surface area contributed by atoms with Crippen LogP contribution in [0.3, 0.4) is 0 Å². The van der Waals surface area contributed by atoms with Crippen molar-refractivity contribution in [2.24, 2.45) is 5.16 Å². The molecule has 6 heteroatoms. The van der Waals surface area contributed by atoms with Crippen molar-refractivity contribution in [1.29, 1.82) is 0 Å². The van der Waals surface area contributed by atoms with E-state index in [1.165, 1.54) is 0 Å². The van der Waals surface area contributed by atoms with Crippen LogP contribution in [0.5, 0.6) is 0 Å². The minimum atomic E-state index is 0.407. The zero-order chi connectivity index (χ0) is 14.1. The standard InChI is InChI=1S/C14H9Br2N3O/c15-9-6-10(16)13-11(7-9)17-14(18-13)12(19-20)8-4-2-1-3-5-8/h1-7,20H,(H,17,18)/b19-12+. The molecule has 1 heterocycles. The van der Waals surface area contributed by atoms with Gasteiger partial charge in [-0.1, -0.05) is 51.4 Å². The Labute approximate surface area is 131 Å². The Hall–Kier alpha value is -1.66. The highest BCUT2D eigenvalue weighted by Crippen LogP contribution is 2.27. The second kappa shape index (κ2) is 5.38. The van der Waals surface area contributed by atoms with Gasteiger partial charge in [-0.15, -0.1) is 0 Å². The number of imidazole rings is 1. The molecule has 0 radical (unpaired) electrons. The number of aromatic nitrogens is 2. The van der Waals surface area contributed by atoms with Crippen LogP contribution in [-0.4, -0.2) is 20.9 Å². The van der Waals surface area contributed by atoms with E-state index < -0.39 is 0 Å². The summed E-state index contributed by atoms with van der Waals surface area (Å²) in [7, 11) is 0. The number of hydrogen-bond donors (Lipinski definition) is 2. The van der Waals surface area contributed by atoms with Crippen LogP contribution in [0.1, 0.15) is 11.4 Å². The highest BCUT2D eigenvalue weighted by Gasteiger charge is 2.14. The molecule has 2 aromatic carbocycles. The van der Waals surface area contributed by atoms with E-state index in [1.54, 1.807) is 0 Å². The molecule has 20 heavy (non-hydrogen) atoms. The van der Waals surface area contributed by atoms with Gasteiger partial charge >= 0.3 is 0 Å². The van der Waals surface area contributed by atoms with Crippen LogP contribution in [0.2, 0.25) is 0 Å². The quantitative estimate of drug-likeness (QED) is 0.386. The lowest BCUT2D eigenvalue weighted by Gasteiger charge is -2.00. The Bertz CT molecular complexity index is 797. The molecule has 100 valence electrons. The lowest BCUT2D eigenvalue weighted by Crippen LogP contribution is -2.05. The predicted octanol–water partition coefficient (Wildman–Crippen LogP) is 4.31. The second-order valence-electron chi connectivity index (χ2n) is 4.18. The molecule has 0 fully saturated rings. The monoisotopic (exact) mass is 393 g/mol. The molecule has 0 atom stereocenters. The normalized spacial score (nSPS) is 12.0. The largest absolute Gasteiger partial charge is 0.410 e. The van der Waals surface area contributed by atoms with Crippen molar-refractivity contribution >= 4 is 48.6 Å². The number of oxime groups is 1. The lowest BCUT2D eigenvalue weighted by molar-refractivity contribution is 0.319. The average Bonchev–Trinajstić information content (AvgIpc) is 2.84. The van der Waals surface area contributed by atoms with Gasteiger partial charge in [-0.2, -0.15) is 0 Å². The molecule has 0 aliphatic carbocycles. The summed E-state index contributed by atoms with van der Waals surface area (Å²) >= 11 is 6.91. The fraction of sp³-hybridized carbons (Fsp3) is 0. The summed E-state index contributed by atoms with van der Waals surface area (Å²) in [5, 5.41) is 12.7. The predicted molar refractivity (Wildman–Crippen MR) is 85.4 cm³/mol. The number of H-pyrrole nitrogens is 1. The van der Waals surface area contributed by atoms with E-state index in [4.69, 9.17) is 0 Å². The minimum absolute atomic E-state index is 0.407. The molecule has 3 aromatic rings. The lowest BCUT2D eigenvalue weighted by atomic mass is 10.1. The molecular weight excluding hydrogens is 386 g/mol. The molecule has 0 amide bonds. The van der Waals surface area contributed by atoms with Gasteiger partial charge < -0.3 is 10.2 Å². The maximum atomic E-state index is 9.29. The van der Waals surface area contributed by atoms with Gasteiger partial charge in [0.05, 0.1) is 5.52 Å². The molecule has 4 nitrogen and oxygen atoms in total. The SMILES string of the molecule is O/N=C(\c1ccccc1)c1nc2c(Br)cc(Br)cc2[nH]1. The Morgan fingerprint density at radius 3 is 2.60 bits per heavy atom. The summed E-state index contributed by atoms with van der Waals surface area (Å²) in [6.07, 6.45) is 0. The van der Waals surface area contributed by atoms with Gasteiger partial charge in [0.25, 0.3) is 0 Å². The Kier molecular flexibility index (Phi) is 3.58. The molecule has 0 spiro atoms. The zero-order valence-electron chi connectivity index (χ0n) is 10.1. The minimum Gasteiger partial charge on any atom is -0.410 e. The van der Waals surface area contributed by atoms with Crippen LogP contribution in [-0.2, 0) is 0 Å². The van der Waals surface area contributed by atoms with Crippen molar-refractivity contribution in [1.82, 2.24) is 9.97 Å². The van der Waals surface area contributed by atoms with E-state index in [0.29, 0.717) is 11.5 Å². The Morgan fingerprint density at radius 1 is 1.15 bits per heavy atom. The second-order valence-corrected chi connectivity index (χ2v) is 5.95. The maximum Gasteiger partial charge on any atom is 0.161 e. The average molecular weight is 395 g/mol. The molecular formula is C14H9Br2N3O. The van der Waals surface area contributed by atoms with Gasteiger partial charge in [-0.05, 0) is 28.1 Å². The van der Waals surface area contributed by atoms with Gasteiger partial charge in [0.15, 0.2) is 11.5 Å². The third-order valence-corrected chi connectivity index (χ3v) is 3.94. The smallest absolute Gasteiger partial charge is 0.161 e. The van der Waals surface area contributed by atoms with Crippen molar-refractivity contribution in [2.75, 3.05) is 0 Å². The number of hydrogen-bond acceptors (Lipinski definition) is 3. The number of halogens is 2. The molecule has 1 aromatic heterocycles. The first-order valence-corrected chi connectivity index (χ1v) is 7.40. The van der Waals surface area contributed by atoms with Gasteiger partial charge in [-0.3, -0.25) is 0 Å². The zero-order valence-corrected chi connectivity index (χ0v) is 13.3. The van der Waals surface area contributed by atoms with Crippen LogP contribution >= 0.6 is 31.9 Å². The van der Waals surface area contributed by atoms with Crippen molar-refractivity contribution in [2.45, 2.75) is 0 Å². The van der Waals surface area contributed by atoms with Crippen LogP contribution < -0.4 is 0 Å². The topological polar surface area (TPSA) is 61.3 Å². The van der Waals surface area contributed by atoms with Crippen LogP contribution in [0.15, 0.2) is 56.6 Å². The van der Waals surface area contributed by atoms with Crippen LogP contribution in [0.4, 0.5) is 0 Å². The highest BCUT2D eigenvalue weighted by atomic mass is 79.9. The van der Waals surface area contributed by atoms with Gasteiger partial charge in [0.2, 0.25) is 0 Å². The van der Waals surface area contributed by atoms with E-state index in [-0.39, 0.29) is 0 Å². The van der Waals surface area contributed by atoms with E-state index in [2.05, 4.69) is 47.0 Å².